The van der Waals surface area contributed by atoms with Crippen molar-refractivity contribution in [3.63, 3.8) is 0 Å². The lowest BCUT2D eigenvalue weighted by molar-refractivity contribution is -0.00461. The lowest BCUT2D eigenvalue weighted by atomic mass is 10.1. The van der Waals surface area contributed by atoms with Gasteiger partial charge in [0.1, 0.15) is 0 Å². The number of nitrogens with one attached hydrogen (secondary N) is 1. The summed E-state index contributed by atoms with van der Waals surface area (Å²) in [4.78, 5) is 2.49. The fourth-order valence-electron chi connectivity index (χ4n) is 2.91. The maximum Gasteiger partial charge on any atom is 0.0971 e. The Bertz CT molecular complexity index is 234. The van der Waals surface area contributed by atoms with E-state index >= 15 is 0 Å². The Morgan fingerprint density at radius 3 is 2.22 bits per heavy atom. The summed E-state index contributed by atoms with van der Waals surface area (Å²) in [5, 5.41) is 3.70. The molecule has 1 N–H and O–H groups in total. The third-order valence-corrected chi connectivity index (χ3v) is 4.20. The fraction of sp³-hybridized carbons (Fsp3) is 1.00. The van der Waals surface area contributed by atoms with Gasteiger partial charge in [-0.3, -0.25) is 4.90 Å². The van der Waals surface area contributed by atoms with Crippen LogP contribution in [0.3, 0.4) is 0 Å². The molecule has 1 saturated carbocycles. The zero-order chi connectivity index (χ0) is 13.0. The zero-order valence-electron chi connectivity index (χ0n) is 12.0. The maximum absolute atomic E-state index is 5.50. The van der Waals surface area contributed by atoms with Gasteiger partial charge in [-0.05, 0) is 31.7 Å². The van der Waals surface area contributed by atoms with Gasteiger partial charge in [-0.15, -0.1) is 0 Å². The molecule has 4 nitrogen and oxygen atoms in total. The summed E-state index contributed by atoms with van der Waals surface area (Å²) in [6.45, 7) is 6.52. The molecule has 0 amide bonds. The predicted molar refractivity (Wildman–Crippen MR) is 72.8 cm³/mol. The molecule has 0 aromatic heterocycles. The minimum atomic E-state index is 0.237. The smallest absolute Gasteiger partial charge is 0.0971 e. The van der Waals surface area contributed by atoms with E-state index in [0.29, 0.717) is 6.04 Å². The van der Waals surface area contributed by atoms with E-state index in [4.69, 9.17) is 9.47 Å². The summed E-state index contributed by atoms with van der Waals surface area (Å²) < 4.78 is 11.0. The first-order valence-corrected chi connectivity index (χ1v) is 7.29. The second kappa shape index (κ2) is 6.85. The molecule has 0 radical (unpaired) electrons. The Hall–Kier alpha value is -0.160. The monoisotopic (exact) mass is 256 g/mol. The van der Waals surface area contributed by atoms with E-state index < -0.39 is 0 Å². The van der Waals surface area contributed by atoms with Crippen LogP contribution in [0.15, 0.2) is 0 Å². The molecule has 0 bridgehead atoms. The topological polar surface area (TPSA) is 33.7 Å². The van der Waals surface area contributed by atoms with Crippen molar-refractivity contribution in [2.45, 2.75) is 44.4 Å². The number of likely N-dealkylation sites (tertiary alicyclic amines) is 1. The fourth-order valence-corrected chi connectivity index (χ4v) is 2.91. The van der Waals surface area contributed by atoms with E-state index in [1.165, 1.54) is 19.3 Å². The molecule has 18 heavy (non-hydrogen) atoms. The first-order chi connectivity index (χ1) is 8.78. The van der Waals surface area contributed by atoms with Crippen molar-refractivity contribution in [1.82, 2.24) is 10.2 Å². The number of ether oxygens (including phenoxy) is 2. The van der Waals surface area contributed by atoms with Crippen molar-refractivity contribution in [1.29, 1.82) is 0 Å². The summed E-state index contributed by atoms with van der Waals surface area (Å²) in [7, 11) is 3.57. The Labute approximate surface area is 111 Å². The van der Waals surface area contributed by atoms with E-state index in [1.807, 2.05) is 0 Å². The predicted octanol–water partition coefficient (Wildman–Crippen LogP) is 1.11. The number of rotatable bonds is 8. The molecule has 106 valence electrons. The van der Waals surface area contributed by atoms with Crippen LogP contribution in [-0.2, 0) is 9.47 Å². The first-order valence-electron chi connectivity index (χ1n) is 7.29. The van der Waals surface area contributed by atoms with Crippen LogP contribution in [0.2, 0.25) is 0 Å². The highest BCUT2D eigenvalue weighted by Crippen LogP contribution is 2.33. The van der Waals surface area contributed by atoms with Crippen LogP contribution in [0.4, 0.5) is 0 Å². The van der Waals surface area contributed by atoms with Crippen molar-refractivity contribution in [3.05, 3.63) is 0 Å². The van der Waals surface area contributed by atoms with Gasteiger partial charge in [-0.2, -0.15) is 0 Å². The normalized spacial score (nSPS) is 30.8. The van der Waals surface area contributed by atoms with Crippen molar-refractivity contribution in [3.8, 4) is 0 Å². The molecule has 0 spiro atoms. The summed E-state index contributed by atoms with van der Waals surface area (Å²) in [6.07, 6.45) is 4.49. The highest BCUT2D eigenvalue weighted by molar-refractivity contribution is 4.92. The highest BCUT2D eigenvalue weighted by atomic mass is 16.5. The minimum absolute atomic E-state index is 0.237. The van der Waals surface area contributed by atoms with Gasteiger partial charge < -0.3 is 14.8 Å². The van der Waals surface area contributed by atoms with Crippen LogP contribution in [-0.4, -0.2) is 63.5 Å². The molecule has 2 fully saturated rings. The van der Waals surface area contributed by atoms with E-state index in [9.17, 15) is 0 Å². The number of hydrogen-bond acceptors (Lipinski definition) is 4. The van der Waals surface area contributed by atoms with E-state index in [0.717, 1.165) is 32.1 Å². The minimum Gasteiger partial charge on any atom is -0.377 e. The van der Waals surface area contributed by atoms with Crippen molar-refractivity contribution < 1.29 is 9.47 Å². The van der Waals surface area contributed by atoms with Crippen LogP contribution >= 0.6 is 0 Å². The van der Waals surface area contributed by atoms with Gasteiger partial charge in [0.15, 0.2) is 0 Å². The van der Waals surface area contributed by atoms with Gasteiger partial charge in [0.2, 0.25) is 0 Å². The molecule has 3 unspecified atom stereocenters. The Morgan fingerprint density at radius 2 is 1.78 bits per heavy atom. The average Bonchev–Trinajstić information content (AvgIpc) is 3.15. The van der Waals surface area contributed by atoms with Crippen LogP contribution in [0.25, 0.3) is 0 Å². The van der Waals surface area contributed by atoms with Crippen LogP contribution < -0.4 is 5.32 Å². The van der Waals surface area contributed by atoms with Crippen molar-refractivity contribution >= 4 is 0 Å². The van der Waals surface area contributed by atoms with Crippen molar-refractivity contribution in [2.24, 2.45) is 5.92 Å². The third-order valence-electron chi connectivity index (χ3n) is 4.20. The molecule has 2 aliphatic rings. The lowest BCUT2D eigenvalue weighted by Crippen LogP contribution is -2.42. The standard InChI is InChI=1S/C14H28N2O2/c1-4-7-15-12(11-5-6-11)8-16-9-13(17-2)14(10-16)18-3/h11-15H,4-10H2,1-3H3. The maximum atomic E-state index is 5.50. The molecule has 2 rings (SSSR count). The van der Waals surface area contributed by atoms with Gasteiger partial charge in [-0.25, -0.2) is 0 Å². The molecule has 0 aromatic carbocycles. The molecule has 1 heterocycles. The molecule has 4 heteroatoms. The van der Waals surface area contributed by atoms with Crippen LogP contribution in [0.5, 0.6) is 0 Å². The Balaban J connectivity index is 1.80. The third kappa shape index (κ3) is 3.67. The summed E-state index contributed by atoms with van der Waals surface area (Å²) in [6, 6.07) is 0.665. The highest BCUT2D eigenvalue weighted by Gasteiger charge is 2.37. The zero-order valence-corrected chi connectivity index (χ0v) is 12.0. The summed E-state index contributed by atoms with van der Waals surface area (Å²) >= 11 is 0. The second-order valence-electron chi connectivity index (χ2n) is 5.66. The summed E-state index contributed by atoms with van der Waals surface area (Å²) in [5.41, 5.74) is 0. The average molecular weight is 256 g/mol. The Kier molecular flexibility index (Phi) is 5.42. The molecule has 1 aliphatic carbocycles. The van der Waals surface area contributed by atoms with Gasteiger partial charge in [0.25, 0.3) is 0 Å². The molecule has 3 atom stereocenters. The SMILES string of the molecule is CCCNC(CN1CC(OC)C(OC)C1)C1CC1. The number of nitrogens with zero attached hydrogens (tertiary/aromatic N) is 1. The Morgan fingerprint density at radius 1 is 1.17 bits per heavy atom. The molecule has 1 saturated heterocycles. The number of methoxy groups -OCH3 is 2. The van der Waals surface area contributed by atoms with Crippen LogP contribution in [0.1, 0.15) is 26.2 Å². The van der Waals surface area contributed by atoms with Gasteiger partial charge in [-0.1, -0.05) is 6.92 Å². The van der Waals surface area contributed by atoms with E-state index in [2.05, 4.69) is 17.1 Å². The van der Waals surface area contributed by atoms with Gasteiger partial charge in [0, 0.05) is 39.9 Å². The van der Waals surface area contributed by atoms with Gasteiger partial charge in [0.05, 0.1) is 12.2 Å². The van der Waals surface area contributed by atoms with Crippen LogP contribution in [0, 0.1) is 5.92 Å². The van der Waals surface area contributed by atoms with Gasteiger partial charge >= 0.3 is 0 Å². The van der Waals surface area contributed by atoms with E-state index in [-0.39, 0.29) is 12.2 Å². The van der Waals surface area contributed by atoms with Crippen molar-refractivity contribution in [2.75, 3.05) is 40.4 Å². The van der Waals surface area contributed by atoms with E-state index in [1.54, 1.807) is 14.2 Å². The molecule has 0 aromatic rings. The second-order valence-corrected chi connectivity index (χ2v) is 5.66. The number of hydrogen-bond donors (Lipinski definition) is 1. The molecule has 1 aliphatic heterocycles. The lowest BCUT2D eigenvalue weighted by Gasteiger charge is -2.24. The largest absolute Gasteiger partial charge is 0.377 e. The quantitative estimate of drug-likeness (QED) is 0.705. The first kappa shape index (κ1) is 14.3. The summed E-state index contributed by atoms with van der Waals surface area (Å²) in [5.74, 6) is 0.902. The molecular formula is C14H28N2O2. The molecular weight excluding hydrogens is 228 g/mol.